The van der Waals surface area contributed by atoms with Gasteiger partial charge in [-0.2, -0.15) is 0 Å². The molecule has 1 aromatic rings. The van der Waals surface area contributed by atoms with Crippen molar-refractivity contribution in [3.63, 3.8) is 0 Å². The number of hydrogen-bond acceptors (Lipinski definition) is 2. The number of benzene rings is 1. The monoisotopic (exact) mass is 284 g/mol. The molecule has 108 valence electrons. The molecule has 0 aliphatic heterocycles. The Hall–Kier alpha value is -1.06. The minimum Gasteiger partial charge on any atom is -0.348 e. The molecule has 0 aliphatic carbocycles. The van der Waals surface area contributed by atoms with Gasteiger partial charge in [0.05, 0.1) is 0 Å². The van der Waals surface area contributed by atoms with Crippen LogP contribution in [0.4, 0.5) is 0 Å². The van der Waals surface area contributed by atoms with Crippen molar-refractivity contribution in [2.24, 2.45) is 11.7 Å². The smallest absolute Gasteiger partial charge is 0.251 e. The summed E-state index contributed by atoms with van der Waals surface area (Å²) in [7, 11) is 0. The van der Waals surface area contributed by atoms with E-state index < -0.39 is 0 Å². The standard InChI is InChI=1S/C15H24N2O.ClH/c1-10(2)8-13(9-16)17-15(18)14-7-5-6-11(3)12(14)4;/h5-7,10,13H,8-9,16H2,1-4H3,(H,17,18);1H. The van der Waals surface area contributed by atoms with Crippen LogP contribution in [0.15, 0.2) is 18.2 Å². The molecule has 3 N–H and O–H groups in total. The van der Waals surface area contributed by atoms with Gasteiger partial charge in [0.25, 0.3) is 5.91 Å². The summed E-state index contributed by atoms with van der Waals surface area (Å²) in [5, 5.41) is 3.02. The summed E-state index contributed by atoms with van der Waals surface area (Å²) >= 11 is 0. The predicted molar refractivity (Wildman–Crippen MR) is 82.9 cm³/mol. The lowest BCUT2D eigenvalue weighted by molar-refractivity contribution is 0.0933. The van der Waals surface area contributed by atoms with E-state index in [2.05, 4.69) is 19.2 Å². The maximum absolute atomic E-state index is 12.2. The van der Waals surface area contributed by atoms with Crippen molar-refractivity contribution >= 4 is 18.3 Å². The average Bonchev–Trinajstić information content (AvgIpc) is 2.31. The molecule has 1 unspecified atom stereocenters. The normalized spacial score (nSPS) is 11.9. The maximum atomic E-state index is 12.2. The van der Waals surface area contributed by atoms with Crippen LogP contribution in [0.25, 0.3) is 0 Å². The first-order chi connectivity index (χ1) is 8.45. The fraction of sp³-hybridized carbons (Fsp3) is 0.533. The first kappa shape index (κ1) is 17.9. The van der Waals surface area contributed by atoms with E-state index in [1.54, 1.807) is 0 Å². The highest BCUT2D eigenvalue weighted by atomic mass is 35.5. The van der Waals surface area contributed by atoms with E-state index in [9.17, 15) is 4.79 Å². The van der Waals surface area contributed by atoms with E-state index in [-0.39, 0.29) is 24.4 Å². The molecule has 0 aliphatic rings. The Kier molecular flexibility index (Phi) is 7.72. The SMILES string of the molecule is Cc1cccc(C(=O)NC(CN)CC(C)C)c1C.Cl. The molecule has 0 heterocycles. The molecular formula is C15H25ClN2O. The van der Waals surface area contributed by atoms with Gasteiger partial charge in [-0.25, -0.2) is 0 Å². The fourth-order valence-electron chi connectivity index (χ4n) is 2.04. The molecule has 0 fully saturated rings. The van der Waals surface area contributed by atoms with E-state index in [1.165, 1.54) is 0 Å². The highest BCUT2D eigenvalue weighted by Gasteiger charge is 2.15. The van der Waals surface area contributed by atoms with E-state index >= 15 is 0 Å². The quantitative estimate of drug-likeness (QED) is 0.873. The molecule has 0 spiro atoms. The zero-order valence-electron chi connectivity index (χ0n) is 12.2. The zero-order valence-corrected chi connectivity index (χ0v) is 13.0. The minimum absolute atomic E-state index is 0. The Balaban J connectivity index is 0.00000324. The number of nitrogens with one attached hydrogen (secondary N) is 1. The van der Waals surface area contributed by atoms with Crippen LogP contribution >= 0.6 is 12.4 Å². The first-order valence-corrected chi connectivity index (χ1v) is 6.52. The van der Waals surface area contributed by atoms with Crippen molar-refractivity contribution < 1.29 is 4.79 Å². The molecular weight excluding hydrogens is 260 g/mol. The lowest BCUT2D eigenvalue weighted by atomic mass is 10.0. The number of halogens is 1. The summed E-state index contributed by atoms with van der Waals surface area (Å²) in [6.45, 7) is 8.74. The molecule has 0 bridgehead atoms. The number of carbonyl (C=O) groups is 1. The summed E-state index contributed by atoms with van der Waals surface area (Å²) in [6.07, 6.45) is 0.910. The van der Waals surface area contributed by atoms with Crippen LogP contribution in [0.2, 0.25) is 0 Å². The molecule has 1 amide bonds. The second-order valence-electron chi connectivity index (χ2n) is 5.28. The van der Waals surface area contributed by atoms with E-state index in [0.29, 0.717) is 12.5 Å². The fourth-order valence-corrected chi connectivity index (χ4v) is 2.04. The van der Waals surface area contributed by atoms with Gasteiger partial charge in [-0.1, -0.05) is 26.0 Å². The molecule has 0 aromatic heterocycles. The molecule has 19 heavy (non-hydrogen) atoms. The summed E-state index contributed by atoms with van der Waals surface area (Å²) < 4.78 is 0. The number of carbonyl (C=O) groups excluding carboxylic acids is 1. The van der Waals surface area contributed by atoms with Crippen LogP contribution in [-0.2, 0) is 0 Å². The third-order valence-corrected chi connectivity index (χ3v) is 3.22. The summed E-state index contributed by atoms with van der Waals surface area (Å²) in [5.74, 6) is 0.504. The Morgan fingerprint density at radius 2 is 1.95 bits per heavy atom. The van der Waals surface area contributed by atoms with Gasteiger partial charge < -0.3 is 11.1 Å². The van der Waals surface area contributed by atoms with Gasteiger partial charge in [-0.05, 0) is 43.4 Å². The molecule has 1 aromatic carbocycles. The van der Waals surface area contributed by atoms with Crippen molar-refractivity contribution in [3.05, 3.63) is 34.9 Å². The van der Waals surface area contributed by atoms with Gasteiger partial charge in [0.1, 0.15) is 0 Å². The highest BCUT2D eigenvalue weighted by Crippen LogP contribution is 2.13. The number of aryl methyl sites for hydroxylation is 1. The lowest BCUT2D eigenvalue weighted by Crippen LogP contribution is -2.41. The van der Waals surface area contributed by atoms with E-state index in [4.69, 9.17) is 5.73 Å². The number of amides is 1. The zero-order chi connectivity index (χ0) is 13.7. The van der Waals surface area contributed by atoms with Crippen LogP contribution in [-0.4, -0.2) is 18.5 Å². The maximum Gasteiger partial charge on any atom is 0.251 e. The van der Waals surface area contributed by atoms with Crippen molar-refractivity contribution in [1.29, 1.82) is 0 Å². The summed E-state index contributed by atoms with van der Waals surface area (Å²) in [6, 6.07) is 5.84. The van der Waals surface area contributed by atoms with Crippen LogP contribution in [0, 0.1) is 19.8 Å². The average molecular weight is 285 g/mol. The number of rotatable bonds is 5. The highest BCUT2D eigenvalue weighted by molar-refractivity contribution is 5.96. The molecule has 0 saturated heterocycles. The van der Waals surface area contributed by atoms with Gasteiger partial charge in [0, 0.05) is 18.2 Å². The minimum atomic E-state index is -0.0210. The Bertz CT molecular complexity index is 419. The third-order valence-electron chi connectivity index (χ3n) is 3.22. The first-order valence-electron chi connectivity index (χ1n) is 6.52. The molecule has 3 nitrogen and oxygen atoms in total. The second-order valence-corrected chi connectivity index (χ2v) is 5.28. The van der Waals surface area contributed by atoms with Gasteiger partial charge >= 0.3 is 0 Å². The van der Waals surface area contributed by atoms with E-state index in [0.717, 1.165) is 23.1 Å². The van der Waals surface area contributed by atoms with Crippen LogP contribution < -0.4 is 11.1 Å². The Morgan fingerprint density at radius 1 is 1.32 bits per heavy atom. The van der Waals surface area contributed by atoms with Gasteiger partial charge in [0.2, 0.25) is 0 Å². The van der Waals surface area contributed by atoms with Crippen molar-refractivity contribution in [3.8, 4) is 0 Å². The largest absolute Gasteiger partial charge is 0.348 e. The number of nitrogens with two attached hydrogens (primary N) is 1. The molecule has 1 rings (SSSR count). The third kappa shape index (κ3) is 5.21. The van der Waals surface area contributed by atoms with Gasteiger partial charge in [-0.3, -0.25) is 4.79 Å². The van der Waals surface area contributed by atoms with Gasteiger partial charge in [0.15, 0.2) is 0 Å². The summed E-state index contributed by atoms with van der Waals surface area (Å²) in [5.41, 5.74) is 8.62. The van der Waals surface area contributed by atoms with Gasteiger partial charge in [-0.15, -0.1) is 12.4 Å². The van der Waals surface area contributed by atoms with Crippen molar-refractivity contribution in [1.82, 2.24) is 5.32 Å². The Labute approximate surface area is 122 Å². The van der Waals surface area contributed by atoms with Crippen LogP contribution in [0.1, 0.15) is 41.8 Å². The molecule has 1 atom stereocenters. The van der Waals surface area contributed by atoms with Crippen LogP contribution in [0.5, 0.6) is 0 Å². The second kappa shape index (κ2) is 8.18. The lowest BCUT2D eigenvalue weighted by Gasteiger charge is -2.19. The molecule has 4 heteroatoms. The predicted octanol–water partition coefficient (Wildman–Crippen LogP) is 2.83. The van der Waals surface area contributed by atoms with Crippen LogP contribution in [0.3, 0.4) is 0 Å². The van der Waals surface area contributed by atoms with E-state index in [1.807, 2.05) is 32.0 Å². The number of hydrogen-bond donors (Lipinski definition) is 2. The van der Waals surface area contributed by atoms with Crippen molar-refractivity contribution in [2.75, 3.05) is 6.54 Å². The summed E-state index contributed by atoms with van der Waals surface area (Å²) in [4.78, 5) is 12.2. The topological polar surface area (TPSA) is 55.1 Å². The molecule has 0 radical (unpaired) electrons. The molecule has 0 saturated carbocycles. The Morgan fingerprint density at radius 3 is 2.47 bits per heavy atom. The van der Waals surface area contributed by atoms with Crippen molar-refractivity contribution in [2.45, 2.75) is 40.2 Å².